The Balaban J connectivity index is 2.29. The number of hydrogen-bond acceptors (Lipinski definition) is 2. The van der Waals surface area contributed by atoms with Gasteiger partial charge in [-0.2, -0.15) is 0 Å². The molecule has 1 atom stereocenters. The van der Waals surface area contributed by atoms with E-state index in [9.17, 15) is 0 Å². The molecule has 3 N–H and O–H groups in total. The Hall–Kier alpha value is -1.35. The Morgan fingerprint density at radius 2 is 1.94 bits per heavy atom. The Bertz CT molecular complexity index is 373. The molecule has 18 heavy (non-hydrogen) atoms. The minimum absolute atomic E-state index is 0.117. The third-order valence-corrected chi connectivity index (χ3v) is 3.31. The molecular weight excluding hydrogens is 224 g/mol. The molecule has 1 aromatic carbocycles. The van der Waals surface area contributed by atoms with Crippen molar-refractivity contribution in [2.24, 2.45) is 11.1 Å². The zero-order valence-corrected chi connectivity index (χ0v) is 11.6. The Kier molecular flexibility index (Phi) is 5.35. The first-order valence-electron chi connectivity index (χ1n) is 6.44. The van der Waals surface area contributed by atoms with E-state index in [1.807, 2.05) is 32.0 Å². The fourth-order valence-electron chi connectivity index (χ4n) is 1.73. The molecule has 0 aliphatic carbocycles. The van der Waals surface area contributed by atoms with Gasteiger partial charge >= 0.3 is 0 Å². The maximum atomic E-state index is 7.49. The van der Waals surface area contributed by atoms with Crippen LogP contribution < -0.4 is 5.73 Å². The highest BCUT2D eigenvalue weighted by molar-refractivity contribution is 5.82. The lowest BCUT2D eigenvalue weighted by Crippen LogP contribution is -2.31. The molecule has 0 bridgehead atoms. The van der Waals surface area contributed by atoms with Crippen LogP contribution in [0.1, 0.15) is 45.3 Å². The van der Waals surface area contributed by atoms with Crippen LogP contribution in [0, 0.1) is 10.8 Å². The third kappa shape index (κ3) is 4.49. The van der Waals surface area contributed by atoms with Crippen molar-refractivity contribution in [3.8, 4) is 0 Å². The molecule has 1 rings (SSSR count). The second-order valence-electron chi connectivity index (χ2n) is 5.32. The number of rotatable bonds is 7. The first-order chi connectivity index (χ1) is 8.43. The molecule has 0 fully saturated rings. The van der Waals surface area contributed by atoms with Gasteiger partial charge in [0.25, 0.3) is 0 Å². The summed E-state index contributed by atoms with van der Waals surface area (Å²) in [5.41, 5.74) is 6.52. The van der Waals surface area contributed by atoms with Gasteiger partial charge in [0.1, 0.15) is 0 Å². The molecule has 0 spiro atoms. The summed E-state index contributed by atoms with van der Waals surface area (Å²) in [5, 5.41) is 7.49. The van der Waals surface area contributed by atoms with Crippen LogP contribution in [-0.4, -0.2) is 12.4 Å². The van der Waals surface area contributed by atoms with Crippen LogP contribution in [0.4, 0.5) is 0 Å². The van der Waals surface area contributed by atoms with Crippen LogP contribution in [0.5, 0.6) is 0 Å². The van der Waals surface area contributed by atoms with Crippen molar-refractivity contribution in [1.29, 1.82) is 5.41 Å². The molecule has 1 aromatic rings. The maximum Gasteiger partial charge on any atom is 0.0963 e. The SMILES string of the molecule is CC(OCCCC(C)(C)C(=N)N)c1ccccc1. The standard InChI is InChI=1S/C15H24N2O/c1-12(13-8-5-4-6-9-13)18-11-7-10-15(2,3)14(16)17/h4-6,8-9,12H,7,10-11H2,1-3H3,(H3,16,17). The monoisotopic (exact) mass is 248 g/mol. The van der Waals surface area contributed by atoms with Gasteiger partial charge in [0.2, 0.25) is 0 Å². The second-order valence-corrected chi connectivity index (χ2v) is 5.32. The summed E-state index contributed by atoms with van der Waals surface area (Å²) in [6, 6.07) is 10.2. The van der Waals surface area contributed by atoms with Gasteiger partial charge in [0.05, 0.1) is 11.9 Å². The highest BCUT2D eigenvalue weighted by Crippen LogP contribution is 2.23. The molecule has 0 saturated carbocycles. The zero-order valence-electron chi connectivity index (χ0n) is 11.6. The topological polar surface area (TPSA) is 59.1 Å². The van der Waals surface area contributed by atoms with E-state index >= 15 is 0 Å². The van der Waals surface area contributed by atoms with Crippen molar-refractivity contribution in [3.05, 3.63) is 35.9 Å². The van der Waals surface area contributed by atoms with Gasteiger partial charge in [-0.1, -0.05) is 44.2 Å². The molecule has 100 valence electrons. The first kappa shape index (κ1) is 14.7. The smallest absolute Gasteiger partial charge is 0.0963 e. The quantitative estimate of drug-likeness (QED) is 0.441. The number of hydrogen-bond donors (Lipinski definition) is 2. The normalized spacial score (nSPS) is 13.3. The molecular formula is C15H24N2O. The van der Waals surface area contributed by atoms with Crippen LogP contribution in [0.15, 0.2) is 30.3 Å². The van der Waals surface area contributed by atoms with E-state index in [1.165, 1.54) is 5.56 Å². The minimum atomic E-state index is -0.223. The maximum absolute atomic E-state index is 7.49. The van der Waals surface area contributed by atoms with Gasteiger partial charge in [0, 0.05) is 12.0 Å². The first-order valence-corrected chi connectivity index (χ1v) is 6.44. The van der Waals surface area contributed by atoms with Crippen molar-refractivity contribution >= 4 is 5.84 Å². The van der Waals surface area contributed by atoms with Crippen LogP contribution in [0.3, 0.4) is 0 Å². The van der Waals surface area contributed by atoms with E-state index in [4.69, 9.17) is 15.9 Å². The summed E-state index contributed by atoms with van der Waals surface area (Å²) >= 11 is 0. The molecule has 0 radical (unpaired) electrons. The lowest BCUT2D eigenvalue weighted by molar-refractivity contribution is 0.0601. The Morgan fingerprint density at radius 3 is 2.50 bits per heavy atom. The molecule has 0 aromatic heterocycles. The average Bonchev–Trinajstić information content (AvgIpc) is 2.35. The van der Waals surface area contributed by atoms with Crippen LogP contribution in [0.25, 0.3) is 0 Å². The molecule has 0 saturated heterocycles. The van der Waals surface area contributed by atoms with Gasteiger partial charge in [-0.05, 0) is 25.3 Å². The zero-order chi connectivity index (χ0) is 13.6. The summed E-state index contributed by atoms with van der Waals surface area (Å²) in [4.78, 5) is 0. The summed E-state index contributed by atoms with van der Waals surface area (Å²) < 4.78 is 5.79. The second kappa shape index (κ2) is 6.55. The van der Waals surface area contributed by atoms with Crippen LogP contribution >= 0.6 is 0 Å². The summed E-state index contributed by atoms with van der Waals surface area (Å²) in [6.07, 6.45) is 1.92. The molecule has 0 amide bonds. The highest BCUT2D eigenvalue weighted by Gasteiger charge is 2.20. The van der Waals surface area contributed by atoms with E-state index in [1.54, 1.807) is 0 Å². The Labute approximate surface area is 110 Å². The summed E-state index contributed by atoms with van der Waals surface area (Å²) in [7, 11) is 0. The minimum Gasteiger partial charge on any atom is -0.387 e. The fraction of sp³-hybridized carbons (Fsp3) is 0.533. The van der Waals surface area contributed by atoms with Crippen molar-refractivity contribution in [2.75, 3.05) is 6.61 Å². The third-order valence-electron chi connectivity index (χ3n) is 3.31. The number of amidine groups is 1. The molecule has 1 unspecified atom stereocenters. The van der Waals surface area contributed by atoms with Gasteiger partial charge in [-0.25, -0.2) is 0 Å². The molecule has 0 heterocycles. The number of ether oxygens (including phenoxy) is 1. The van der Waals surface area contributed by atoms with Crippen LogP contribution in [0.2, 0.25) is 0 Å². The molecule has 0 aliphatic heterocycles. The van der Waals surface area contributed by atoms with Gasteiger partial charge < -0.3 is 10.5 Å². The van der Waals surface area contributed by atoms with E-state index in [-0.39, 0.29) is 17.4 Å². The van der Waals surface area contributed by atoms with E-state index in [2.05, 4.69) is 19.1 Å². The van der Waals surface area contributed by atoms with Gasteiger partial charge in [-0.15, -0.1) is 0 Å². The lowest BCUT2D eigenvalue weighted by atomic mass is 9.87. The predicted molar refractivity (Wildman–Crippen MR) is 75.7 cm³/mol. The Morgan fingerprint density at radius 1 is 1.33 bits per heavy atom. The molecule has 3 nitrogen and oxygen atoms in total. The van der Waals surface area contributed by atoms with E-state index in [0.29, 0.717) is 6.61 Å². The van der Waals surface area contributed by atoms with E-state index < -0.39 is 0 Å². The number of benzene rings is 1. The summed E-state index contributed by atoms with van der Waals surface area (Å²) in [5.74, 6) is 0.249. The molecule has 3 heteroatoms. The van der Waals surface area contributed by atoms with Crippen molar-refractivity contribution in [2.45, 2.75) is 39.7 Å². The van der Waals surface area contributed by atoms with E-state index in [0.717, 1.165) is 12.8 Å². The van der Waals surface area contributed by atoms with Crippen molar-refractivity contribution in [3.63, 3.8) is 0 Å². The summed E-state index contributed by atoms with van der Waals surface area (Å²) in [6.45, 7) is 6.75. The van der Waals surface area contributed by atoms with Gasteiger partial charge in [0.15, 0.2) is 0 Å². The number of nitrogens with one attached hydrogen (secondary N) is 1. The average molecular weight is 248 g/mol. The van der Waals surface area contributed by atoms with Gasteiger partial charge in [-0.3, -0.25) is 5.41 Å². The predicted octanol–water partition coefficient (Wildman–Crippen LogP) is 3.51. The highest BCUT2D eigenvalue weighted by atomic mass is 16.5. The lowest BCUT2D eigenvalue weighted by Gasteiger charge is -2.23. The van der Waals surface area contributed by atoms with Crippen molar-refractivity contribution in [1.82, 2.24) is 0 Å². The molecule has 0 aliphatic rings. The van der Waals surface area contributed by atoms with Crippen LogP contribution in [-0.2, 0) is 4.74 Å². The largest absolute Gasteiger partial charge is 0.387 e. The number of nitrogens with two attached hydrogens (primary N) is 1. The van der Waals surface area contributed by atoms with Crippen molar-refractivity contribution < 1.29 is 4.74 Å². The fourth-order valence-corrected chi connectivity index (χ4v) is 1.73.